The first-order valence-corrected chi connectivity index (χ1v) is 10.1. The highest BCUT2D eigenvalue weighted by Gasteiger charge is 2.19. The Hall–Kier alpha value is -3.81. The van der Waals surface area contributed by atoms with Gasteiger partial charge in [-0.15, -0.1) is 0 Å². The number of urea groups is 1. The number of methoxy groups -OCH3 is 2. The molecule has 160 valence electrons. The highest BCUT2D eigenvalue weighted by Crippen LogP contribution is 2.30. The molecule has 8 nitrogen and oxygen atoms in total. The predicted molar refractivity (Wildman–Crippen MR) is 121 cm³/mol. The van der Waals surface area contributed by atoms with Gasteiger partial charge in [0.15, 0.2) is 5.82 Å². The smallest absolute Gasteiger partial charge is 0.323 e. The molecule has 2 amide bonds. The minimum atomic E-state index is -0.369. The molecule has 0 aliphatic carbocycles. The Labute approximate surface area is 181 Å². The Bertz CT molecular complexity index is 1040. The molecule has 8 heteroatoms. The van der Waals surface area contributed by atoms with Crippen molar-refractivity contribution in [2.24, 2.45) is 0 Å². The number of nitrogens with zero attached hydrogens (tertiary/aromatic N) is 3. The van der Waals surface area contributed by atoms with E-state index < -0.39 is 0 Å². The standard InChI is InChI=1S/C23H25N5O3/c1-30-19-13-18(14-20(15-19)31-2)27-23(29)26-17-7-5-6-16(12-17)21-22(25-9-8-24-21)28-10-3-4-11-28/h5-9,12-15H,3-4,10-11H2,1-2H3,(H2,26,27,29). The van der Waals surface area contributed by atoms with E-state index in [9.17, 15) is 4.79 Å². The maximum Gasteiger partial charge on any atom is 0.323 e. The molecule has 0 radical (unpaired) electrons. The number of nitrogens with one attached hydrogen (secondary N) is 2. The van der Waals surface area contributed by atoms with Crippen molar-refractivity contribution < 1.29 is 14.3 Å². The predicted octanol–water partition coefficient (Wildman–Crippen LogP) is 4.41. The molecule has 1 aromatic heterocycles. The first kappa shape index (κ1) is 20.5. The molecule has 1 aliphatic rings. The first-order valence-electron chi connectivity index (χ1n) is 10.1. The van der Waals surface area contributed by atoms with Gasteiger partial charge in [0.1, 0.15) is 17.2 Å². The summed E-state index contributed by atoms with van der Waals surface area (Å²) in [5, 5.41) is 5.68. The number of benzene rings is 2. The lowest BCUT2D eigenvalue weighted by Gasteiger charge is -2.19. The molecule has 2 heterocycles. The fourth-order valence-electron chi connectivity index (χ4n) is 3.61. The van der Waals surface area contributed by atoms with Gasteiger partial charge in [-0.3, -0.25) is 4.98 Å². The number of carbonyl (C=O) groups excluding carboxylic acids is 1. The largest absolute Gasteiger partial charge is 0.497 e. The van der Waals surface area contributed by atoms with Gasteiger partial charge < -0.3 is 25.0 Å². The van der Waals surface area contributed by atoms with Gasteiger partial charge >= 0.3 is 6.03 Å². The Morgan fingerprint density at radius 3 is 2.29 bits per heavy atom. The molecule has 0 saturated carbocycles. The van der Waals surface area contributed by atoms with Crippen LogP contribution in [0, 0.1) is 0 Å². The number of carbonyl (C=O) groups is 1. The summed E-state index contributed by atoms with van der Waals surface area (Å²) < 4.78 is 10.5. The van der Waals surface area contributed by atoms with E-state index in [4.69, 9.17) is 9.47 Å². The molecular weight excluding hydrogens is 394 g/mol. The van der Waals surface area contributed by atoms with E-state index in [0.29, 0.717) is 22.9 Å². The van der Waals surface area contributed by atoms with Crippen molar-refractivity contribution in [1.82, 2.24) is 9.97 Å². The van der Waals surface area contributed by atoms with Crippen LogP contribution in [0.4, 0.5) is 22.0 Å². The molecule has 0 unspecified atom stereocenters. The van der Waals surface area contributed by atoms with Crippen LogP contribution >= 0.6 is 0 Å². The van der Waals surface area contributed by atoms with Gasteiger partial charge in [-0.25, -0.2) is 9.78 Å². The third kappa shape index (κ3) is 4.85. The normalized spacial score (nSPS) is 13.0. The number of aromatic nitrogens is 2. The van der Waals surface area contributed by atoms with Crippen molar-refractivity contribution in [3.63, 3.8) is 0 Å². The first-order chi connectivity index (χ1) is 15.2. The summed E-state index contributed by atoms with van der Waals surface area (Å²) in [6.07, 6.45) is 5.73. The maximum atomic E-state index is 12.6. The number of hydrogen-bond acceptors (Lipinski definition) is 6. The number of rotatable bonds is 6. The van der Waals surface area contributed by atoms with Crippen LogP contribution in [0.5, 0.6) is 11.5 Å². The lowest BCUT2D eigenvalue weighted by atomic mass is 10.1. The number of amides is 2. The molecule has 0 spiro atoms. The third-order valence-corrected chi connectivity index (χ3v) is 5.09. The van der Waals surface area contributed by atoms with E-state index in [2.05, 4.69) is 25.5 Å². The Morgan fingerprint density at radius 1 is 0.903 bits per heavy atom. The van der Waals surface area contributed by atoms with Crippen LogP contribution in [0.25, 0.3) is 11.3 Å². The van der Waals surface area contributed by atoms with Crippen LogP contribution in [-0.2, 0) is 0 Å². The van der Waals surface area contributed by atoms with Crippen molar-refractivity contribution in [1.29, 1.82) is 0 Å². The Morgan fingerprint density at radius 2 is 1.58 bits per heavy atom. The average molecular weight is 419 g/mol. The topological polar surface area (TPSA) is 88.6 Å². The van der Waals surface area contributed by atoms with Gasteiger partial charge in [-0.1, -0.05) is 12.1 Å². The number of hydrogen-bond donors (Lipinski definition) is 2. The summed E-state index contributed by atoms with van der Waals surface area (Å²) >= 11 is 0. The fourth-order valence-corrected chi connectivity index (χ4v) is 3.61. The average Bonchev–Trinajstić information content (AvgIpc) is 3.33. The second-order valence-electron chi connectivity index (χ2n) is 7.18. The van der Waals surface area contributed by atoms with Crippen molar-refractivity contribution in [2.75, 3.05) is 42.8 Å². The van der Waals surface area contributed by atoms with Crippen LogP contribution in [0.15, 0.2) is 54.9 Å². The van der Waals surface area contributed by atoms with Gasteiger partial charge in [-0.05, 0) is 25.0 Å². The molecule has 31 heavy (non-hydrogen) atoms. The van der Waals surface area contributed by atoms with Gasteiger partial charge in [0.2, 0.25) is 0 Å². The zero-order chi connectivity index (χ0) is 21.6. The van der Waals surface area contributed by atoms with E-state index in [1.807, 2.05) is 24.3 Å². The van der Waals surface area contributed by atoms with Crippen LogP contribution < -0.4 is 25.0 Å². The van der Waals surface area contributed by atoms with Crippen molar-refractivity contribution in [3.05, 3.63) is 54.9 Å². The quantitative estimate of drug-likeness (QED) is 0.615. The van der Waals surface area contributed by atoms with Crippen LogP contribution in [-0.4, -0.2) is 43.3 Å². The van der Waals surface area contributed by atoms with E-state index in [1.165, 1.54) is 0 Å². The number of ether oxygens (including phenoxy) is 2. The molecular formula is C23H25N5O3. The zero-order valence-corrected chi connectivity index (χ0v) is 17.6. The lowest BCUT2D eigenvalue weighted by Crippen LogP contribution is -2.20. The second kappa shape index (κ2) is 9.34. The van der Waals surface area contributed by atoms with Crippen LogP contribution in [0.2, 0.25) is 0 Å². The maximum absolute atomic E-state index is 12.6. The SMILES string of the molecule is COc1cc(NC(=O)Nc2cccc(-c3nccnc3N3CCCC3)c2)cc(OC)c1. The minimum Gasteiger partial charge on any atom is -0.497 e. The fraction of sp³-hybridized carbons (Fsp3) is 0.261. The summed E-state index contributed by atoms with van der Waals surface area (Å²) in [5.74, 6) is 2.06. The third-order valence-electron chi connectivity index (χ3n) is 5.09. The molecule has 1 fully saturated rings. The highest BCUT2D eigenvalue weighted by atomic mass is 16.5. The summed E-state index contributed by atoms with van der Waals surface area (Å²) in [4.78, 5) is 23.9. The van der Waals surface area contributed by atoms with Crippen molar-refractivity contribution in [2.45, 2.75) is 12.8 Å². The molecule has 2 aromatic carbocycles. The van der Waals surface area contributed by atoms with Crippen molar-refractivity contribution in [3.8, 4) is 22.8 Å². The monoisotopic (exact) mass is 419 g/mol. The summed E-state index contributed by atoms with van der Waals surface area (Å²) in [6.45, 7) is 1.96. The van der Waals surface area contributed by atoms with Gasteiger partial charge in [0, 0.05) is 60.6 Å². The van der Waals surface area contributed by atoms with E-state index in [1.54, 1.807) is 44.8 Å². The van der Waals surface area contributed by atoms with E-state index >= 15 is 0 Å². The van der Waals surface area contributed by atoms with E-state index in [-0.39, 0.29) is 6.03 Å². The van der Waals surface area contributed by atoms with E-state index in [0.717, 1.165) is 43.0 Å². The Kier molecular flexibility index (Phi) is 6.16. The highest BCUT2D eigenvalue weighted by molar-refractivity contribution is 6.00. The van der Waals surface area contributed by atoms with Gasteiger partial charge in [0.05, 0.1) is 14.2 Å². The van der Waals surface area contributed by atoms with Crippen LogP contribution in [0.3, 0.4) is 0 Å². The molecule has 1 aliphatic heterocycles. The zero-order valence-electron chi connectivity index (χ0n) is 17.6. The summed E-state index contributed by atoms with van der Waals surface area (Å²) in [6, 6.07) is 12.4. The summed E-state index contributed by atoms with van der Waals surface area (Å²) in [5.41, 5.74) is 2.93. The van der Waals surface area contributed by atoms with Gasteiger partial charge in [-0.2, -0.15) is 0 Å². The molecule has 2 N–H and O–H groups in total. The second-order valence-corrected chi connectivity index (χ2v) is 7.18. The Balaban J connectivity index is 1.52. The van der Waals surface area contributed by atoms with Crippen LogP contribution in [0.1, 0.15) is 12.8 Å². The van der Waals surface area contributed by atoms with Gasteiger partial charge in [0.25, 0.3) is 0 Å². The lowest BCUT2D eigenvalue weighted by molar-refractivity contribution is 0.262. The molecule has 1 saturated heterocycles. The molecule has 3 aromatic rings. The van der Waals surface area contributed by atoms with Crippen molar-refractivity contribution >= 4 is 23.2 Å². The summed E-state index contributed by atoms with van der Waals surface area (Å²) in [7, 11) is 3.13. The minimum absolute atomic E-state index is 0.369. The number of anilines is 3. The molecule has 0 atom stereocenters. The molecule has 0 bridgehead atoms. The molecule has 4 rings (SSSR count).